The quantitative estimate of drug-likeness (QED) is 0.0754. The molecule has 0 radical (unpaired) electrons. The van der Waals surface area contributed by atoms with Crippen LogP contribution in [0, 0.1) is 11.3 Å². The molecule has 272 valence electrons. The van der Waals surface area contributed by atoms with Crippen LogP contribution in [0.3, 0.4) is 0 Å². The Morgan fingerprint density at radius 3 is 2.42 bits per heavy atom. The Balaban J connectivity index is 1.32. The Morgan fingerprint density at radius 1 is 0.981 bits per heavy atom. The summed E-state index contributed by atoms with van der Waals surface area (Å²) in [4.78, 5) is 55.5. The zero-order valence-corrected chi connectivity index (χ0v) is 32.4. The van der Waals surface area contributed by atoms with Crippen LogP contribution in [0.4, 0.5) is 10.7 Å². The molecule has 2 atom stereocenters. The number of fused-ring (bicyclic) bond motifs is 1. The van der Waals surface area contributed by atoms with Gasteiger partial charge >= 0.3 is 5.97 Å². The minimum Gasteiger partial charge on any atom is -0.462 e. The first-order valence-electron chi connectivity index (χ1n) is 17.4. The Morgan fingerprint density at radius 2 is 1.73 bits per heavy atom. The van der Waals surface area contributed by atoms with Gasteiger partial charge in [-0.05, 0) is 104 Å². The van der Waals surface area contributed by atoms with E-state index >= 15 is 0 Å². The van der Waals surface area contributed by atoms with Crippen molar-refractivity contribution in [3.8, 4) is 0 Å². The number of hydrogen-bond acceptors (Lipinski definition) is 7. The van der Waals surface area contributed by atoms with E-state index in [0.29, 0.717) is 44.7 Å². The molecule has 4 aromatic rings. The molecule has 11 heteroatoms. The van der Waals surface area contributed by atoms with Gasteiger partial charge in [0.05, 0.1) is 17.4 Å². The number of thioether (sulfide) groups is 1. The number of ether oxygens (including phenoxy) is 1. The van der Waals surface area contributed by atoms with E-state index in [1.165, 1.54) is 23.1 Å². The number of benzene rings is 3. The maximum Gasteiger partial charge on any atom is 0.341 e. The van der Waals surface area contributed by atoms with Crippen LogP contribution in [-0.2, 0) is 27.2 Å². The SMILES string of the molecule is CCOC(=O)c1c(NC(=O)C(CC)Sc2cccc(NC(=O)/C(=C/c3cccc(Cl)c3)NC(=O)c3ccccc3)c2)sc2c1CCC(C(C)(C)C)C2. The summed E-state index contributed by atoms with van der Waals surface area (Å²) in [7, 11) is 0. The van der Waals surface area contributed by atoms with E-state index in [0.717, 1.165) is 34.6 Å². The smallest absolute Gasteiger partial charge is 0.341 e. The van der Waals surface area contributed by atoms with Crippen LogP contribution in [0.5, 0.6) is 0 Å². The van der Waals surface area contributed by atoms with Gasteiger partial charge in [-0.2, -0.15) is 0 Å². The lowest BCUT2D eigenvalue weighted by Gasteiger charge is -2.33. The molecule has 1 aliphatic rings. The van der Waals surface area contributed by atoms with Crippen molar-refractivity contribution in [2.45, 2.75) is 70.4 Å². The van der Waals surface area contributed by atoms with E-state index in [1.54, 1.807) is 79.7 Å². The number of rotatable bonds is 12. The summed E-state index contributed by atoms with van der Waals surface area (Å²) < 4.78 is 5.44. The van der Waals surface area contributed by atoms with Crippen LogP contribution in [-0.4, -0.2) is 35.5 Å². The molecule has 52 heavy (non-hydrogen) atoms. The summed E-state index contributed by atoms with van der Waals surface area (Å²) in [6.07, 6.45) is 4.70. The highest BCUT2D eigenvalue weighted by atomic mass is 35.5. The molecular weight excluding hydrogens is 714 g/mol. The number of hydrogen-bond donors (Lipinski definition) is 3. The maximum atomic E-state index is 13.8. The normalized spacial score (nSPS) is 14.9. The molecule has 0 saturated carbocycles. The summed E-state index contributed by atoms with van der Waals surface area (Å²) in [6.45, 7) is 10.7. The highest BCUT2D eigenvalue weighted by Gasteiger charge is 2.35. The van der Waals surface area contributed by atoms with Crippen LogP contribution >= 0.6 is 34.7 Å². The molecule has 5 rings (SSSR count). The third-order valence-corrected chi connectivity index (χ3v) is 11.7. The molecule has 3 aromatic carbocycles. The summed E-state index contributed by atoms with van der Waals surface area (Å²) in [6, 6.07) is 22.8. The van der Waals surface area contributed by atoms with E-state index in [2.05, 4.69) is 36.7 Å². The minimum atomic E-state index is -0.530. The lowest BCUT2D eigenvalue weighted by Crippen LogP contribution is -2.30. The largest absolute Gasteiger partial charge is 0.462 e. The lowest BCUT2D eigenvalue weighted by molar-refractivity contribution is -0.116. The van der Waals surface area contributed by atoms with Crippen LogP contribution in [0.1, 0.15) is 84.2 Å². The number of esters is 1. The first-order valence-corrected chi connectivity index (χ1v) is 19.5. The van der Waals surface area contributed by atoms with Crippen molar-refractivity contribution in [3.63, 3.8) is 0 Å². The third kappa shape index (κ3) is 9.93. The van der Waals surface area contributed by atoms with Crippen molar-refractivity contribution in [3.05, 3.63) is 117 Å². The second-order valence-electron chi connectivity index (χ2n) is 13.7. The fourth-order valence-electron chi connectivity index (χ4n) is 6.06. The van der Waals surface area contributed by atoms with Crippen molar-refractivity contribution in [1.29, 1.82) is 0 Å². The molecule has 0 fully saturated rings. The van der Waals surface area contributed by atoms with Gasteiger partial charge in [-0.3, -0.25) is 14.4 Å². The van der Waals surface area contributed by atoms with E-state index in [-0.39, 0.29) is 23.6 Å². The van der Waals surface area contributed by atoms with Gasteiger partial charge in [0.2, 0.25) is 5.91 Å². The van der Waals surface area contributed by atoms with Gasteiger partial charge in [0.15, 0.2) is 0 Å². The van der Waals surface area contributed by atoms with Crippen LogP contribution in [0.25, 0.3) is 6.08 Å². The predicted molar refractivity (Wildman–Crippen MR) is 212 cm³/mol. The fourth-order valence-corrected chi connectivity index (χ4v) is 8.59. The number of halogens is 1. The van der Waals surface area contributed by atoms with Crippen LogP contribution in [0.15, 0.2) is 89.5 Å². The zero-order chi connectivity index (χ0) is 37.4. The van der Waals surface area contributed by atoms with Gasteiger partial charge in [-0.25, -0.2) is 4.79 Å². The number of nitrogens with one attached hydrogen (secondary N) is 3. The van der Waals surface area contributed by atoms with E-state index in [9.17, 15) is 19.2 Å². The topological polar surface area (TPSA) is 114 Å². The lowest BCUT2D eigenvalue weighted by atomic mass is 9.72. The highest BCUT2D eigenvalue weighted by Crippen LogP contribution is 2.45. The number of thiophene rings is 1. The Hall–Kier alpha value is -4.38. The monoisotopic (exact) mass is 757 g/mol. The van der Waals surface area contributed by atoms with Gasteiger partial charge in [-0.1, -0.05) is 75.7 Å². The summed E-state index contributed by atoms with van der Waals surface area (Å²) in [5.74, 6) is -1.10. The van der Waals surface area contributed by atoms with Crippen molar-refractivity contribution >= 4 is 75.2 Å². The number of carbonyl (C=O) groups excluding carboxylic acids is 4. The molecule has 2 unspecified atom stereocenters. The Labute approximate surface area is 318 Å². The standard InChI is InChI=1S/C41H44ClN3O5S2/c1-6-33(38(48)45-39-35(40(49)50-7-2)31-20-19-27(41(3,4)5)23-34(31)52-39)51-30-18-12-17-29(24-30)43-37(47)32(22-25-13-11-16-28(42)21-25)44-36(46)26-14-9-8-10-15-26/h8-18,21-22,24,27,33H,6-7,19-20,23H2,1-5H3,(H,43,47)(H,44,46)(H,45,48)/b32-22-. The van der Waals surface area contributed by atoms with Gasteiger partial charge in [0.25, 0.3) is 11.8 Å². The average molecular weight is 758 g/mol. The highest BCUT2D eigenvalue weighted by molar-refractivity contribution is 8.00. The number of carbonyl (C=O) groups is 4. The van der Waals surface area contributed by atoms with Gasteiger partial charge < -0.3 is 20.7 Å². The predicted octanol–water partition coefficient (Wildman–Crippen LogP) is 9.65. The zero-order valence-electron chi connectivity index (χ0n) is 30.0. The van der Waals surface area contributed by atoms with Crippen LogP contribution < -0.4 is 16.0 Å². The Kier molecular flexibility index (Phi) is 13.0. The molecule has 0 bridgehead atoms. The third-order valence-electron chi connectivity index (χ3n) is 8.93. The second-order valence-corrected chi connectivity index (χ2v) is 16.5. The maximum absolute atomic E-state index is 13.8. The summed E-state index contributed by atoms with van der Waals surface area (Å²) in [5.41, 5.74) is 3.17. The minimum absolute atomic E-state index is 0.0323. The average Bonchev–Trinajstić information content (AvgIpc) is 3.47. The van der Waals surface area contributed by atoms with E-state index in [1.807, 2.05) is 19.1 Å². The molecule has 0 saturated heterocycles. The first-order chi connectivity index (χ1) is 24.9. The van der Waals surface area contributed by atoms with Crippen molar-refractivity contribution < 1.29 is 23.9 Å². The van der Waals surface area contributed by atoms with Gasteiger partial charge in [-0.15, -0.1) is 23.1 Å². The number of amides is 3. The molecule has 8 nitrogen and oxygen atoms in total. The van der Waals surface area contributed by atoms with Crippen molar-refractivity contribution in [2.75, 3.05) is 17.2 Å². The molecule has 1 aliphatic carbocycles. The van der Waals surface area contributed by atoms with Crippen molar-refractivity contribution in [1.82, 2.24) is 5.32 Å². The second kappa shape index (κ2) is 17.4. The molecule has 3 N–H and O–H groups in total. The fraction of sp³-hybridized carbons (Fsp3) is 0.317. The summed E-state index contributed by atoms with van der Waals surface area (Å²) >= 11 is 9.04. The molecule has 0 spiro atoms. The molecule has 1 heterocycles. The molecular formula is C41H44ClN3O5S2. The molecule has 3 amide bonds. The number of anilines is 2. The van der Waals surface area contributed by atoms with Crippen LogP contribution in [0.2, 0.25) is 5.02 Å². The van der Waals surface area contributed by atoms with Gasteiger partial charge in [0, 0.05) is 26.0 Å². The molecule has 0 aliphatic heterocycles. The van der Waals surface area contributed by atoms with E-state index in [4.69, 9.17) is 16.3 Å². The first kappa shape index (κ1) is 38.8. The molecule has 1 aromatic heterocycles. The summed E-state index contributed by atoms with van der Waals surface area (Å²) in [5, 5.41) is 9.27. The van der Waals surface area contributed by atoms with Gasteiger partial charge in [0.1, 0.15) is 10.7 Å². The van der Waals surface area contributed by atoms with E-state index < -0.39 is 23.0 Å². The van der Waals surface area contributed by atoms with Crippen molar-refractivity contribution in [2.24, 2.45) is 11.3 Å². The Bertz CT molecular complexity index is 1970.